The fourth-order valence-electron chi connectivity index (χ4n) is 7.32. The number of aryl methyl sites for hydroxylation is 1. The lowest BCUT2D eigenvalue weighted by Crippen LogP contribution is -2.58. The Kier molecular flexibility index (Phi) is 5.48. The Hall–Kier alpha value is -4.66. The van der Waals surface area contributed by atoms with Gasteiger partial charge in [0.1, 0.15) is 8.07 Å². The molecule has 7 aromatic carbocycles. The van der Waals surface area contributed by atoms with E-state index in [2.05, 4.69) is 159 Å². The van der Waals surface area contributed by atoms with Crippen LogP contribution in [0.15, 0.2) is 127 Å². The third kappa shape index (κ3) is 3.62. The third-order valence-corrected chi connectivity index (χ3v) is 13.0. The van der Waals surface area contributed by atoms with Crippen LogP contribution in [0.2, 0.25) is 13.1 Å². The molecule has 0 bridgehead atoms. The van der Waals surface area contributed by atoms with Crippen LogP contribution in [-0.4, -0.2) is 15.1 Å². The Morgan fingerprint density at radius 1 is 0.476 bits per heavy atom. The van der Waals surface area contributed by atoms with Gasteiger partial charge in [0.25, 0.3) is 0 Å². The Bertz CT molecular complexity index is 2210. The molecule has 1 aliphatic heterocycles. The summed E-state index contributed by atoms with van der Waals surface area (Å²) in [4.78, 5) is 2.41. The van der Waals surface area contributed by atoms with Crippen LogP contribution in [0, 0.1) is 6.92 Å². The zero-order valence-electron chi connectivity index (χ0n) is 24.6. The smallest absolute Gasteiger partial charge is 0.117 e. The van der Waals surface area contributed by atoms with Crippen molar-refractivity contribution in [1.29, 1.82) is 0 Å². The molecule has 0 atom stereocenters. The van der Waals surface area contributed by atoms with E-state index in [1.807, 2.05) is 0 Å². The van der Waals surface area contributed by atoms with Crippen LogP contribution in [0.3, 0.4) is 0 Å². The molecule has 0 amide bonds. The van der Waals surface area contributed by atoms with E-state index in [-0.39, 0.29) is 0 Å². The molecule has 2 heteroatoms. The van der Waals surface area contributed by atoms with Gasteiger partial charge < -0.3 is 4.90 Å². The predicted octanol–water partition coefficient (Wildman–Crippen LogP) is 9.69. The molecular weight excluding hydrogens is 523 g/mol. The summed E-state index contributed by atoms with van der Waals surface area (Å²) >= 11 is 0. The first kappa shape index (κ1) is 25.1. The predicted molar refractivity (Wildman–Crippen MR) is 186 cm³/mol. The van der Waals surface area contributed by atoms with Crippen LogP contribution < -0.4 is 15.3 Å². The largest absolute Gasteiger partial charge is 0.345 e. The Morgan fingerprint density at radius 3 is 1.88 bits per heavy atom. The van der Waals surface area contributed by atoms with Crippen molar-refractivity contribution in [1.82, 2.24) is 0 Å². The molecule has 0 unspecified atom stereocenters. The molecule has 1 aliphatic rings. The van der Waals surface area contributed by atoms with Crippen LogP contribution in [0.5, 0.6) is 0 Å². The third-order valence-electron chi connectivity index (χ3n) is 9.48. The van der Waals surface area contributed by atoms with Crippen molar-refractivity contribution in [3.63, 3.8) is 0 Å². The standard InChI is InChI=1S/C40H33NSi/c1-26-17-21-33-34(23-26)40(30-20-22-38-36(25-30)41(2)35-15-9-10-16-37(35)42(38,3)4)32-14-8-7-13-31(32)39(33)29-19-18-27-11-5-6-12-28(27)24-29/h5-25H,1-4H3. The van der Waals surface area contributed by atoms with Crippen LogP contribution in [0.4, 0.5) is 11.4 Å². The number of hydrogen-bond donors (Lipinski definition) is 0. The summed E-state index contributed by atoms with van der Waals surface area (Å²) in [7, 11) is 0.399. The first-order chi connectivity index (χ1) is 20.4. The second-order valence-electron chi connectivity index (χ2n) is 12.3. The van der Waals surface area contributed by atoms with Gasteiger partial charge in [0, 0.05) is 18.4 Å². The second kappa shape index (κ2) is 9.17. The lowest BCUT2D eigenvalue weighted by molar-refractivity contribution is 1.21. The Labute approximate surface area is 248 Å². The minimum atomic E-state index is -1.83. The van der Waals surface area contributed by atoms with E-state index in [1.165, 1.54) is 81.9 Å². The lowest BCUT2D eigenvalue weighted by atomic mass is 9.85. The van der Waals surface area contributed by atoms with Gasteiger partial charge >= 0.3 is 0 Å². The fourth-order valence-corrected chi connectivity index (χ4v) is 10.4. The maximum absolute atomic E-state index is 2.49. The molecule has 1 nitrogen and oxygen atoms in total. The number of para-hydroxylation sites is 1. The van der Waals surface area contributed by atoms with Gasteiger partial charge in [-0.1, -0.05) is 128 Å². The van der Waals surface area contributed by atoms with Gasteiger partial charge in [0.05, 0.1) is 0 Å². The minimum Gasteiger partial charge on any atom is -0.345 e. The number of rotatable bonds is 2. The molecule has 0 saturated heterocycles. The SMILES string of the molecule is Cc1ccc2c(-c3ccc4ccccc4c3)c3ccccc3c(-c3ccc4c(c3)N(C)c3ccccc3[Si]4(C)C)c2c1. The normalized spacial score (nSPS) is 13.9. The highest BCUT2D eigenvalue weighted by atomic mass is 28.3. The molecular formula is C40H33NSi. The summed E-state index contributed by atoms with van der Waals surface area (Å²) < 4.78 is 0. The molecule has 0 aromatic heterocycles. The molecule has 8 rings (SSSR count). The number of benzene rings is 7. The van der Waals surface area contributed by atoms with Gasteiger partial charge in [-0.05, 0) is 90.1 Å². The first-order valence-corrected chi connectivity index (χ1v) is 17.8. The van der Waals surface area contributed by atoms with Crippen molar-refractivity contribution in [3.05, 3.63) is 133 Å². The molecule has 0 fully saturated rings. The van der Waals surface area contributed by atoms with E-state index in [0.29, 0.717) is 0 Å². The zero-order valence-corrected chi connectivity index (χ0v) is 25.6. The lowest BCUT2D eigenvalue weighted by Gasteiger charge is -2.39. The van der Waals surface area contributed by atoms with Crippen molar-refractivity contribution < 1.29 is 0 Å². The monoisotopic (exact) mass is 555 g/mol. The van der Waals surface area contributed by atoms with Gasteiger partial charge in [-0.25, -0.2) is 0 Å². The van der Waals surface area contributed by atoms with E-state index in [1.54, 1.807) is 0 Å². The highest BCUT2D eigenvalue weighted by molar-refractivity contribution is 7.02. The summed E-state index contributed by atoms with van der Waals surface area (Å²) in [6.45, 7) is 7.19. The number of nitrogens with zero attached hydrogens (tertiary/aromatic N) is 1. The fraction of sp³-hybridized carbons (Fsp3) is 0.100. The summed E-state index contributed by atoms with van der Waals surface area (Å²) in [5.41, 5.74) is 9.14. The van der Waals surface area contributed by atoms with Crippen molar-refractivity contribution in [2.24, 2.45) is 0 Å². The van der Waals surface area contributed by atoms with Crippen LogP contribution in [0.25, 0.3) is 54.6 Å². The van der Waals surface area contributed by atoms with Gasteiger partial charge in [0.15, 0.2) is 0 Å². The van der Waals surface area contributed by atoms with Crippen molar-refractivity contribution in [3.8, 4) is 22.3 Å². The first-order valence-electron chi connectivity index (χ1n) is 14.8. The van der Waals surface area contributed by atoms with Gasteiger partial charge in [-0.15, -0.1) is 0 Å². The summed E-state index contributed by atoms with van der Waals surface area (Å²) in [6.07, 6.45) is 0. The van der Waals surface area contributed by atoms with Crippen LogP contribution >= 0.6 is 0 Å². The van der Waals surface area contributed by atoms with E-state index in [9.17, 15) is 0 Å². The van der Waals surface area contributed by atoms with Crippen molar-refractivity contribution in [2.75, 3.05) is 11.9 Å². The molecule has 42 heavy (non-hydrogen) atoms. The maximum Gasteiger partial charge on any atom is 0.117 e. The van der Waals surface area contributed by atoms with E-state index < -0.39 is 8.07 Å². The zero-order chi connectivity index (χ0) is 28.6. The molecule has 0 radical (unpaired) electrons. The Morgan fingerprint density at radius 2 is 1.07 bits per heavy atom. The van der Waals surface area contributed by atoms with Crippen LogP contribution in [0.1, 0.15) is 5.56 Å². The summed E-state index contributed by atoms with van der Waals surface area (Å²) in [5, 5.41) is 10.8. The summed E-state index contributed by atoms with van der Waals surface area (Å²) in [5.74, 6) is 0. The van der Waals surface area contributed by atoms with E-state index >= 15 is 0 Å². The maximum atomic E-state index is 2.49. The van der Waals surface area contributed by atoms with Crippen molar-refractivity contribution >= 4 is 62.1 Å². The minimum absolute atomic E-state index is 1.26. The highest BCUT2D eigenvalue weighted by Gasteiger charge is 2.37. The van der Waals surface area contributed by atoms with Gasteiger partial charge in [-0.2, -0.15) is 0 Å². The quantitative estimate of drug-likeness (QED) is 0.152. The average Bonchev–Trinajstić information content (AvgIpc) is 3.02. The molecule has 1 heterocycles. The average molecular weight is 556 g/mol. The number of hydrogen-bond acceptors (Lipinski definition) is 1. The molecule has 0 N–H and O–H groups in total. The van der Waals surface area contributed by atoms with E-state index in [0.717, 1.165) is 0 Å². The summed E-state index contributed by atoms with van der Waals surface area (Å²) in [6, 6.07) is 47.8. The highest BCUT2D eigenvalue weighted by Crippen LogP contribution is 2.45. The molecule has 202 valence electrons. The second-order valence-corrected chi connectivity index (χ2v) is 16.7. The molecule has 7 aromatic rings. The molecule has 0 saturated carbocycles. The number of anilines is 2. The van der Waals surface area contributed by atoms with Crippen LogP contribution in [-0.2, 0) is 0 Å². The number of fused-ring (bicyclic) bond motifs is 5. The van der Waals surface area contributed by atoms with Gasteiger partial charge in [0.2, 0.25) is 0 Å². The van der Waals surface area contributed by atoms with E-state index in [4.69, 9.17) is 0 Å². The molecule has 0 spiro atoms. The topological polar surface area (TPSA) is 3.24 Å². The van der Waals surface area contributed by atoms with Crippen molar-refractivity contribution in [2.45, 2.75) is 20.0 Å². The molecule has 0 aliphatic carbocycles. The Balaban J connectivity index is 1.44. The van der Waals surface area contributed by atoms with Gasteiger partial charge in [-0.3, -0.25) is 0 Å².